The normalized spacial score (nSPS) is 18.1. The number of rotatable bonds is 3. The number of carbonyl (C=O) groups excluding carboxylic acids is 1. The number of halogens is 3. The fourth-order valence-electron chi connectivity index (χ4n) is 2.06. The van der Waals surface area contributed by atoms with Crippen molar-refractivity contribution in [3.8, 4) is 0 Å². The average Bonchev–Trinajstić information content (AvgIpc) is 2.37. The lowest BCUT2D eigenvalue weighted by atomic mass is 9.96. The minimum absolute atomic E-state index is 0.168. The van der Waals surface area contributed by atoms with E-state index in [1.165, 1.54) is 12.1 Å². The lowest BCUT2D eigenvalue weighted by molar-refractivity contribution is -0.138. The summed E-state index contributed by atoms with van der Waals surface area (Å²) in [6.45, 7) is 3.70. The smallest absolute Gasteiger partial charge is 0.338 e. The molecule has 0 aromatic heterocycles. The Labute approximate surface area is 135 Å². The van der Waals surface area contributed by atoms with Gasteiger partial charge >= 0.3 is 5.97 Å². The van der Waals surface area contributed by atoms with Crippen LogP contribution in [0, 0.1) is 5.82 Å². The number of allylic oxidation sites excluding steroid dienone is 1. The molecule has 0 saturated heterocycles. The number of hydrogen-bond donors (Lipinski definition) is 1. The predicted molar refractivity (Wildman–Crippen MR) is 82.6 cm³/mol. The molecule has 2 rings (SSSR count). The molecule has 112 valence electrons. The Morgan fingerprint density at radius 3 is 2.90 bits per heavy atom. The van der Waals surface area contributed by atoms with E-state index >= 15 is 0 Å². The molecule has 21 heavy (non-hydrogen) atoms. The third kappa shape index (κ3) is 3.44. The quantitative estimate of drug-likeness (QED) is 0.648. The maximum atomic E-state index is 13.2. The van der Waals surface area contributed by atoms with E-state index in [1.807, 2.05) is 0 Å². The second kappa shape index (κ2) is 6.58. The highest BCUT2D eigenvalue weighted by molar-refractivity contribution is 9.10. The molecule has 1 aliphatic rings. The second-order valence-corrected chi connectivity index (χ2v) is 5.58. The maximum absolute atomic E-state index is 13.2. The third-order valence-corrected chi connectivity index (χ3v) is 3.84. The zero-order valence-corrected chi connectivity index (χ0v) is 13.8. The largest absolute Gasteiger partial charge is 0.463 e. The summed E-state index contributed by atoms with van der Waals surface area (Å²) in [5.41, 5.74) is 1.56. The van der Waals surface area contributed by atoms with Gasteiger partial charge in [0, 0.05) is 10.2 Å². The highest BCUT2D eigenvalue weighted by Crippen LogP contribution is 2.36. The van der Waals surface area contributed by atoms with Gasteiger partial charge in [0.25, 0.3) is 0 Å². The van der Waals surface area contributed by atoms with Crippen molar-refractivity contribution in [2.45, 2.75) is 19.9 Å². The van der Waals surface area contributed by atoms with Gasteiger partial charge in [0.05, 0.1) is 12.2 Å². The molecular formula is C14H13BrClFN2O2. The highest BCUT2D eigenvalue weighted by Gasteiger charge is 2.31. The summed E-state index contributed by atoms with van der Waals surface area (Å²) in [5.74, 6) is -0.857. The van der Waals surface area contributed by atoms with Gasteiger partial charge in [-0.2, -0.15) is 0 Å². The molecule has 1 heterocycles. The van der Waals surface area contributed by atoms with Crippen LogP contribution in [0.15, 0.2) is 38.9 Å². The highest BCUT2D eigenvalue weighted by atomic mass is 79.9. The first-order chi connectivity index (χ1) is 9.93. The first kappa shape index (κ1) is 16.0. The number of carbonyl (C=O) groups is 1. The van der Waals surface area contributed by atoms with Crippen LogP contribution in [0.1, 0.15) is 25.5 Å². The second-order valence-electron chi connectivity index (χ2n) is 4.37. The van der Waals surface area contributed by atoms with Gasteiger partial charge in [-0.1, -0.05) is 22.0 Å². The van der Waals surface area contributed by atoms with E-state index < -0.39 is 12.0 Å². The molecule has 1 atom stereocenters. The summed E-state index contributed by atoms with van der Waals surface area (Å²) in [6.07, 6.45) is 0. The van der Waals surface area contributed by atoms with E-state index in [2.05, 4.69) is 26.2 Å². The molecule has 0 amide bonds. The molecular weight excluding hydrogens is 363 g/mol. The maximum Gasteiger partial charge on any atom is 0.338 e. The van der Waals surface area contributed by atoms with Crippen molar-refractivity contribution in [2.24, 2.45) is 4.99 Å². The number of esters is 1. The van der Waals surface area contributed by atoms with Crippen molar-refractivity contribution in [2.75, 3.05) is 6.61 Å². The first-order valence-electron chi connectivity index (χ1n) is 6.27. The van der Waals surface area contributed by atoms with Crippen molar-refractivity contribution < 1.29 is 13.9 Å². The fraction of sp³-hybridized carbons (Fsp3) is 0.286. The van der Waals surface area contributed by atoms with Crippen LogP contribution in [-0.2, 0) is 9.53 Å². The van der Waals surface area contributed by atoms with E-state index in [9.17, 15) is 9.18 Å². The SMILES string of the molecule is CCOC(=O)C1=C(C)NC(Cl)=NC1c1ccc(F)cc1Br. The van der Waals surface area contributed by atoms with E-state index in [0.29, 0.717) is 21.3 Å². The van der Waals surface area contributed by atoms with E-state index in [4.69, 9.17) is 16.3 Å². The van der Waals surface area contributed by atoms with Crippen LogP contribution in [-0.4, -0.2) is 17.9 Å². The van der Waals surface area contributed by atoms with E-state index in [1.54, 1.807) is 19.9 Å². The third-order valence-electron chi connectivity index (χ3n) is 2.96. The van der Waals surface area contributed by atoms with Crippen LogP contribution < -0.4 is 5.32 Å². The van der Waals surface area contributed by atoms with Gasteiger partial charge in [-0.3, -0.25) is 0 Å². The molecule has 0 radical (unpaired) electrons. The first-order valence-corrected chi connectivity index (χ1v) is 7.44. The minimum Gasteiger partial charge on any atom is -0.463 e. The fourth-order valence-corrected chi connectivity index (χ4v) is 2.87. The number of hydrogen-bond acceptors (Lipinski definition) is 4. The van der Waals surface area contributed by atoms with Gasteiger partial charge in [-0.05, 0) is 43.1 Å². The van der Waals surface area contributed by atoms with Crippen LogP contribution in [0.4, 0.5) is 4.39 Å². The Morgan fingerprint density at radius 2 is 2.29 bits per heavy atom. The Balaban J connectivity index is 2.51. The molecule has 1 aromatic carbocycles. The van der Waals surface area contributed by atoms with Crippen LogP contribution in [0.25, 0.3) is 0 Å². The van der Waals surface area contributed by atoms with E-state index in [0.717, 1.165) is 0 Å². The number of nitrogens with zero attached hydrogens (tertiary/aromatic N) is 1. The molecule has 1 N–H and O–H groups in total. The van der Waals surface area contributed by atoms with Crippen LogP contribution in [0.2, 0.25) is 0 Å². The van der Waals surface area contributed by atoms with Crippen LogP contribution in [0.3, 0.4) is 0 Å². The van der Waals surface area contributed by atoms with Gasteiger partial charge in [-0.15, -0.1) is 0 Å². The summed E-state index contributed by atoms with van der Waals surface area (Å²) in [6, 6.07) is 3.55. The van der Waals surface area contributed by atoms with Gasteiger partial charge in [0.1, 0.15) is 11.9 Å². The number of aliphatic imine (C=N–C) groups is 1. The molecule has 0 fully saturated rings. The topological polar surface area (TPSA) is 50.7 Å². The van der Waals surface area contributed by atoms with Gasteiger partial charge in [0.2, 0.25) is 0 Å². The molecule has 1 aliphatic heterocycles. The number of amidine groups is 1. The summed E-state index contributed by atoms with van der Waals surface area (Å²) < 4.78 is 18.8. The molecule has 1 aromatic rings. The zero-order valence-electron chi connectivity index (χ0n) is 11.4. The number of benzene rings is 1. The summed E-state index contributed by atoms with van der Waals surface area (Å²) >= 11 is 9.24. The van der Waals surface area contributed by atoms with Crippen molar-refractivity contribution in [1.82, 2.24) is 5.32 Å². The standard InChI is InChI=1S/C14H13BrClFN2O2/c1-3-21-13(20)11-7(2)18-14(16)19-12(11)9-5-4-8(17)6-10(9)15/h4-6,12H,3H2,1-2H3,(H,18,19). The average molecular weight is 376 g/mol. The molecule has 0 bridgehead atoms. The lowest BCUT2D eigenvalue weighted by Crippen LogP contribution is -2.29. The van der Waals surface area contributed by atoms with Crippen molar-refractivity contribution in [3.63, 3.8) is 0 Å². The summed E-state index contributed by atoms with van der Waals surface area (Å²) in [5, 5.41) is 2.97. The minimum atomic E-state index is -0.646. The van der Waals surface area contributed by atoms with Crippen molar-refractivity contribution in [1.29, 1.82) is 0 Å². The lowest BCUT2D eigenvalue weighted by Gasteiger charge is -2.24. The summed E-state index contributed by atoms with van der Waals surface area (Å²) in [7, 11) is 0. The van der Waals surface area contributed by atoms with Crippen LogP contribution >= 0.6 is 27.5 Å². The summed E-state index contributed by atoms with van der Waals surface area (Å²) in [4.78, 5) is 16.4. The van der Waals surface area contributed by atoms with E-state index in [-0.39, 0.29) is 17.7 Å². The van der Waals surface area contributed by atoms with Crippen LogP contribution in [0.5, 0.6) is 0 Å². The molecule has 7 heteroatoms. The van der Waals surface area contributed by atoms with Crippen molar-refractivity contribution in [3.05, 3.63) is 45.3 Å². The Bertz CT molecular complexity index is 646. The molecule has 0 spiro atoms. The molecule has 0 saturated carbocycles. The zero-order chi connectivity index (χ0) is 15.6. The monoisotopic (exact) mass is 374 g/mol. The Hall–Kier alpha value is -1.40. The van der Waals surface area contributed by atoms with Gasteiger partial charge < -0.3 is 10.1 Å². The Morgan fingerprint density at radius 1 is 1.57 bits per heavy atom. The van der Waals surface area contributed by atoms with Gasteiger partial charge in [0.15, 0.2) is 5.29 Å². The number of nitrogens with one attached hydrogen (secondary N) is 1. The predicted octanol–water partition coefficient (Wildman–Crippen LogP) is 3.66. The van der Waals surface area contributed by atoms with Gasteiger partial charge in [-0.25, -0.2) is 14.2 Å². The molecule has 4 nitrogen and oxygen atoms in total. The Kier molecular flexibility index (Phi) is 5.00. The molecule has 0 aliphatic carbocycles. The number of ether oxygens (including phenoxy) is 1. The van der Waals surface area contributed by atoms with Crippen molar-refractivity contribution >= 4 is 38.8 Å². The molecule has 1 unspecified atom stereocenters.